The highest BCUT2D eigenvalue weighted by Crippen LogP contribution is 2.08. The lowest BCUT2D eigenvalue weighted by Crippen LogP contribution is -2.24. The standard InChI is InChI=1S/C10H17NO4/c1-6-14-8(12)7(2)11-9(13)15-10(3,4)5/h6H2,1-5H3/b11-7+. The largest absolute Gasteiger partial charge is 0.462 e. The summed E-state index contributed by atoms with van der Waals surface area (Å²) >= 11 is 0. The van der Waals surface area contributed by atoms with E-state index in [0.717, 1.165) is 0 Å². The minimum Gasteiger partial charge on any atom is -0.462 e. The van der Waals surface area contributed by atoms with Crippen molar-refractivity contribution in [1.82, 2.24) is 0 Å². The van der Waals surface area contributed by atoms with Crippen molar-refractivity contribution < 1.29 is 19.1 Å². The Labute approximate surface area is 89.5 Å². The molecule has 0 saturated carbocycles. The summed E-state index contributed by atoms with van der Waals surface area (Å²) in [6.45, 7) is 8.50. The van der Waals surface area contributed by atoms with Crippen molar-refractivity contribution in [1.29, 1.82) is 0 Å². The van der Waals surface area contributed by atoms with Crippen molar-refractivity contribution in [2.24, 2.45) is 4.99 Å². The number of carbonyl (C=O) groups is 2. The number of hydrogen-bond acceptors (Lipinski definition) is 4. The molecule has 1 amide bonds. The van der Waals surface area contributed by atoms with Crippen LogP contribution in [0, 0.1) is 0 Å². The van der Waals surface area contributed by atoms with Crippen molar-refractivity contribution in [3.63, 3.8) is 0 Å². The van der Waals surface area contributed by atoms with Gasteiger partial charge in [-0.1, -0.05) is 0 Å². The number of amides is 1. The quantitative estimate of drug-likeness (QED) is 0.521. The van der Waals surface area contributed by atoms with Gasteiger partial charge in [0.1, 0.15) is 11.3 Å². The van der Waals surface area contributed by atoms with E-state index >= 15 is 0 Å². The second-order valence-corrected chi connectivity index (χ2v) is 3.90. The molecule has 86 valence electrons. The van der Waals surface area contributed by atoms with Gasteiger partial charge in [0, 0.05) is 0 Å². The Hall–Kier alpha value is -1.39. The number of carbonyl (C=O) groups excluding carboxylic acids is 2. The smallest absolute Gasteiger partial charge is 0.434 e. The number of rotatable bonds is 2. The van der Waals surface area contributed by atoms with Crippen LogP contribution in [0.1, 0.15) is 34.6 Å². The first-order chi connectivity index (χ1) is 6.76. The zero-order valence-corrected chi connectivity index (χ0v) is 9.79. The fourth-order valence-corrected chi connectivity index (χ4v) is 0.703. The normalized spacial score (nSPS) is 12.2. The third kappa shape index (κ3) is 6.65. The molecule has 0 unspecified atom stereocenters. The van der Waals surface area contributed by atoms with Crippen molar-refractivity contribution in [3.8, 4) is 0 Å². The van der Waals surface area contributed by atoms with E-state index in [9.17, 15) is 9.59 Å². The van der Waals surface area contributed by atoms with Gasteiger partial charge in [0.15, 0.2) is 0 Å². The molecule has 5 nitrogen and oxygen atoms in total. The Bertz CT molecular complexity index is 276. The monoisotopic (exact) mass is 215 g/mol. The summed E-state index contributed by atoms with van der Waals surface area (Å²) in [5, 5.41) is 0. The van der Waals surface area contributed by atoms with Gasteiger partial charge in [-0.25, -0.2) is 9.59 Å². The SMILES string of the molecule is CCOC(=O)/C(C)=N/C(=O)OC(C)(C)C. The zero-order chi connectivity index (χ0) is 12.1. The summed E-state index contributed by atoms with van der Waals surface area (Å²) in [7, 11) is 0. The molecule has 0 aliphatic carbocycles. The molecule has 0 atom stereocenters. The van der Waals surface area contributed by atoms with Gasteiger partial charge in [-0.3, -0.25) is 0 Å². The average molecular weight is 215 g/mol. The minimum atomic E-state index is -0.784. The third-order valence-electron chi connectivity index (χ3n) is 1.22. The molecule has 5 heteroatoms. The Morgan fingerprint density at radius 1 is 1.27 bits per heavy atom. The van der Waals surface area contributed by atoms with Crippen LogP contribution in [0.15, 0.2) is 4.99 Å². The van der Waals surface area contributed by atoms with Crippen LogP contribution in [-0.4, -0.2) is 30.0 Å². The van der Waals surface area contributed by atoms with Gasteiger partial charge < -0.3 is 9.47 Å². The third-order valence-corrected chi connectivity index (χ3v) is 1.22. The topological polar surface area (TPSA) is 65.0 Å². The van der Waals surface area contributed by atoms with Gasteiger partial charge in [-0.2, -0.15) is 4.99 Å². The first kappa shape index (κ1) is 13.6. The van der Waals surface area contributed by atoms with Crippen LogP contribution in [-0.2, 0) is 14.3 Å². The van der Waals surface area contributed by atoms with Crippen molar-refractivity contribution >= 4 is 17.8 Å². The molecule has 0 aliphatic heterocycles. The summed E-state index contributed by atoms with van der Waals surface area (Å²) in [5.74, 6) is -0.608. The highest BCUT2D eigenvalue weighted by Gasteiger charge is 2.17. The molecular formula is C10H17NO4. The van der Waals surface area contributed by atoms with E-state index in [-0.39, 0.29) is 12.3 Å². The molecule has 0 aromatic heterocycles. The van der Waals surface area contributed by atoms with E-state index in [1.165, 1.54) is 6.92 Å². The molecule has 0 aromatic carbocycles. The van der Waals surface area contributed by atoms with Crippen molar-refractivity contribution in [2.75, 3.05) is 6.61 Å². The van der Waals surface area contributed by atoms with Gasteiger partial charge >= 0.3 is 12.1 Å². The van der Waals surface area contributed by atoms with Gasteiger partial charge in [-0.05, 0) is 34.6 Å². The minimum absolute atomic E-state index is 0.00824. The van der Waals surface area contributed by atoms with Gasteiger partial charge in [-0.15, -0.1) is 0 Å². The maximum Gasteiger partial charge on any atom is 0.434 e. The predicted molar refractivity (Wildman–Crippen MR) is 56.0 cm³/mol. The molecular weight excluding hydrogens is 198 g/mol. The van der Waals surface area contributed by atoms with E-state index in [1.807, 2.05) is 0 Å². The molecule has 0 saturated heterocycles. The molecule has 0 bridgehead atoms. The number of ether oxygens (including phenoxy) is 2. The lowest BCUT2D eigenvalue weighted by Gasteiger charge is -2.17. The van der Waals surface area contributed by atoms with Crippen LogP contribution in [0.2, 0.25) is 0 Å². The number of aliphatic imine (C=N–C) groups is 1. The van der Waals surface area contributed by atoms with Crippen LogP contribution in [0.5, 0.6) is 0 Å². The molecule has 0 radical (unpaired) electrons. The summed E-state index contributed by atoms with van der Waals surface area (Å²) in [6, 6.07) is 0. The summed E-state index contributed by atoms with van der Waals surface area (Å²) < 4.78 is 9.56. The van der Waals surface area contributed by atoms with Crippen LogP contribution >= 0.6 is 0 Å². The Morgan fingerprint density at radius 2 is 1.80 bits per heavy atom. The van der Waals surface area contributed by atoms with E-state index in [0.29, 0.717) is 0 Å². The molecule has 0 fully saturated rings. The van der Waals surface area contributed by atoms with Crippen LogP contribution in [0.3, 0.4) is 0 Å². The van der Waals surface area contributed by atoms with E-state index in [4.69, 9.17) is 4.74 Å². The lowest BCUT2D eigenvalue weighted by molar-refractivity contribution is -0.135. The van der Waals surface area contributed by atoms with Gasteiger partial charge in [0.25, 0.3) is 0 Å². The number of esters is 1. The zero-order valence-electron chi connectivity index (χ0n) is 9.79. The molecule has 0 N–H and O–H groups in total. The van der Waals surface area contributed by atoms with Gasteiger partial charge in [0.2, 0.25) is 0 Å². The van der Waals surface area contributed by atoms with E-state index < -0.39 is 17.7 Å². The summed E-state index contributed by atoms with van der Waals surface area (Å²) in [5.41, 5.74) is -0.624. The highest BCUT2D eigenvalue weighted by atomic mass is 16.6. The van der Waals surface area contributed by atoms with Crippen LogP contribution in [0.4, 0.5) is 4.79 Å². The Morgan fingerprint density at radius 3 is 2.20 bits per heavy atom. The second kappa shape index (κ2) is 5.48. The van der Waals surface area contributed by atoms with E-state index in [2.05, 4.69) is 9.73 Å². The fourth-order valence-electron chi connectivity index (χ4n) is 0.703. The molecule has 0 heterocycles. The van der Waals surface area contributed by atoms with E-state index in [1.54, 1.807) is 27.7 Å². The lowest BCUT2D eigenvalue weighted by atomic mass is 10.2. The highest BCUT2D eigenvalue weighted by molar-refractivity contribution is 6.36. The Balaban J connectivity index is 4.36. The fraction of sp³-hybridized carbons (Fsp3) is 0.700. The molecule has 0 aromatic rings. The van der Waals surface area contributed by atoms with Crippen LogP contribution in [0.25, 0.3) is 0 Å². The predicted octanol–water partition coefficient (Wildman–Crippen LogP) is 1.95. The Kier molecular flexibility index (Phi) is 4.97. The van der Waals surface area contributed by atoms with Crippen molar-refractivity contribution in [3.05, 3.63) is 0 Å². The molecule has 0 rings (SSSR count). The number of nitrogens with zero attached hydrogens (tertiary/aromatic N) is 1. The number of hydrogen-bond donors (Lipinski definition) is 0. The molecule has 0 aliphatic rings. The average Bonchev–Trinajstić information content (AvgIpc) is 2.00. The summed E-state index contributed by atoms with van der Waals surface area (Å²) in [6.07, 6.45) is -0.784. The molecule has 15 heavy (non-hydrogen) atoms. The first-order valence-corrected chi connectivity index (χ1v) is 4.71. The first-order valence-electron chi connectivity index (χ1n) is 4.71. The van der Waals surface area contributed by atoms with Crippen molar-refractivity contribution in [2.45, 2.75) is 40.2 Å². The van der Waals surface area contributed by atoms with Gasteiger partial charge in [0.05, 0.1) is 6.61 Å². The maximum absolute atomic E-state index is 11.2. The maximum atomic E-state index is 11.2. The second-order valence-electron chi connectivity index (χ2n) is 3.90. The molecule has 0 spiro atoms. The summed E-state index contributed by atoms with van der Waals surface area (Å²) in [4.78, 5) is 25.7. The van der Waals surface area contributed by atoms with Crippen LogP contribution < -0.4 is 0 Å².